The summed E-state index contributed by atoms with van der Waals surface area (Å²) >= 11 is 0. The lowest BCUT2D eigenvalue weighted by molar-refractivity contribution is 0.0398. The van der Waals surface area contributed by atoms with Crippen LogP contribution in [-0.2, 0) is 24.8 Å². The van der Waals surface area contributed by atoms with Gasteiger partial charge in [0, 0.05) is 45.0 Å². The molecule has 0 fully saturated rings. The molecule has 0 radical (unpaired) electrons. The van der Waals surface area contributed by atoms with Gasteiger partial charge in [0.05, 0.1) is 11.8 Å². The lowest BCUT2D eigenvalue weighted by atomic mass is 9.89. The van der Waals surface area contributed by atoms with Crippen LogP contribution in [0.3, 0.4) is 0 Å². The van der Waals surface area contributed by atoms with E-state index in [0.717, 1.165) is 44.2 Å². The summed E-state index contributed by atoms with van der Waals surface area (Å²) in [6.07, 6.45) is 4.71. The highest BCUT2D eigenvalue weighted by Gasteiger charge is 2.19. The molecular formula is C22H34IN5O. The summed E-state index contributed by atoms with van der Waals surface area (Å²) in [5, 5.41) is 11.2. The van der Waals surface area contributed by atoms with E-state index in [1.807, 2.05) is 18.7 Å². The summed E-state index contributed by atoms with van der Waals surface area (Å²) in [5.41, 5.74) is 6.29. The molecule has 3 rings (SSSR count). The minimum Gasteiger partial charge on any atom is -0.373 e. The van der Waals surface area contributed by atoms with Crippen molar-refractivity contribution in [2.24, 2.45) is 12.0 Å². The first-order valence-electron chi connectivity index (χ1n) is 10.2. The van der Waals surface area contributed by atoms with Crippen molar-refractivity contribution < 1.29 is 4.74 Å². The molecule has 2 N–H and O–H groups in total. The molecule has 29 heavy (non-hydrogen) atoms. The molecule has 0 saturated carbocycles. The predicted molar refractivity (Wildman–Crippen MR) is 129 cm³/mol. The number of benzene rings is 1. The number of fused-ring (bicyclic) bond motifs is 1. The van der Waals surface area contributed by atoms with Gasteiger partial charge in [-0.3, -0.25) is 9.67 Å². The van der Waals surface area contributed by atoms with Crippen molar-refractivity contribution in [2.75, 3.05) is 20.2 Å². The zero-order valence-electron chi connectivity index (χ0n) is 18.0. The first kappa shape index (κ1) is 23.7. The molecule has 1 heterocycles. The predicted octanol–water partition coefficient (Wildman–Crippen LogP) is 3.80. The number of ether oxygens (including phenoxy) is 1. The van der Waals surface area contributed by atoms with Crippen molar-refractivity contribution >= 4 is 29.9 Å². The van der Waals surface area contributed by atoms with E-state index >= 15 is 0 Å². The van der Waals surface area contributed by atoms with Crippen LogP contribution in [-0.4, -0.2) is 35.9 Å². The standard InChI is InChI=1S/C22H33N5O.HI/c1-16-20(17(2)27(4)26-16)15-25-22(23-3)24-13-8-14-28-21-12-7-10-18-9-5-6-11-19(18)21;/h5-6,9,11,21H,7-8,10,12-15H2,1-4H3,(H2,23,24,25);1H. The first-order chi connectivity index (χ1) is 13.6. The van der Waals surface area contributed by atoms with Gasteiger partial charge in [-0.25, -0.2) is 0 Å². The molecule has 6 nitrogen and oxygen atoms in total. The minimum absolute atomic E-state index is 0. The SMILES string of the molecule is CN=C(NCCCOC1CCCc2ccccc21)NCc1c(C)nn(C)c1C.I. The number of aryl methyl sites for hydroxylation is 3. The average Bonchev–Trinajstić information content (AvgIpc) is 2.95. The van der Waals surface area contributed by atoms with Crippen molar-refractivity contribution in [1.29, 1.82) is 0 Å². The Morgan fingerprint density at radius 3 is 2.79 bits per heavy atom. The quantitative estimate of drug-likeness (QED) is 0.257. The van der Waals surface area contributed by atoms with E-state index in [2.05, 4.69) is 51.9 Å². The van der Waals surface area contributed by atoms with E-state index in [0.29, 0.717) is 0 Å². The fraction of sp³-hybridized carbons (Fsp3) is 0.545. The molecule has 1 aromatic heterocycles. The highest BCUT2D eigenvalue weighted by Crippen LogP contribution is 2.32. The summed E-state index contributed by atoms with van der Waals surface area (Å²) in [7, 11) is 3.78. The molecule has 1 aliphatic rings. The van der Waals surface area contributed by atoms with Gasteiger partial charge in [0.1, 0.15) is 0 Å². The van der Waals surface area contributed by atoms with E-state index in [4.69, 9.17) is 4.74 Å². The summed E-state index contributed by atoms with van der Waals surface area (Å²) < 4.78 is 8.10. The molecule has 2 aromatic rings. The Bertz CT molecular complexity index is 818. The third kappa shape index (κ3) is 6.18. The van der Waals surface area contributed by atoms with Crippen LogP contribution in [0.5, 0.6) is 0 Å². The topological polar surface area (TPSA) is 63.5 Å². The number of nitrogens with zero attached hydrogens (tertiary/aromatic N) is 3. The Labute approximate surface area is 191 Å². The number of guanidine groups is 1. The van der Waals surface area contributed by atoms with Crippen molar-refractivity contribution in [3.8, 4) is 0 Å². The molecule has 1 atom stereocenters. The Kier molecular flexibility index (Phi) is 9.42. The second-order valence-electron chi connectivity index (χ2n) is 7.43. The third-order valence-corrected chi connectivity index (χ3v) is 5.56. The van der Waals surface area contributed by atoms with Crippen LogP contribution in [0.2, 0.25) is 0 Å². The smallest absolute Gasteiger partial charge is 0.191 e. The molecule has 1 unspecified atom stereocenters. The highest BCUT2D eigenvalue weighted by molar-refractivity contribution is 14.0. The molecular weight excluding hydrogens is 477 g/mol. The molecule has 0 aliphatic heterocycles. The van der Waals surface area contributed by atoms with Crippen LogP contribution < -0.4 is 10.6 Å². The van der Waals surface area contributed by atoms with E-state index in [1.165, 1.54) is 35.2 Å². The van der Waals surface area contributed by atoms with E-state index in [-0.39, 0.29) is 30.1 Å². The number of nitrogens with one attached hydrogen (secondary N) is 2. The minimum atomic E-state index is 0. The normalized spacial score (nSPS) is 16.1. The average molecular weight is 511 g/mol. The van der Waals surface area contributed by atoms with Gasteiger partial charge in [-0.1, -0.05) is 24.3 Å². The number of halogens is 1. The molecule has 1 aliphatic carbocycles. The van der Waals surface area contributed by atoms with Crippen LogP contribution in [0.4, 0.5) is 0 Å². The zero-order chi connectivity index (χ0) is 19.9. The van der Waals surface area contributed by atoms with Gasteiger partial charge in [0.25, 0.3) is 0 Å². The Balaban J connectivity index is 0.00000300. The van der Waals surface area contributed by atoms with Gasteiger partial charge >= 0.3 is 0 Å². The maximum Gasteiger partial charge on any atom is 0.191 e. The molecule has 0 spiro atoms. The fourth-order valence-electron chi connectivity index (χ4n) is 3.85. The highest BCUT2D eigenvalue weighted by atomic mass is 127. The third-order valence-electron chi connectivity index (χ3n) is 5.56. The monoisotopic (exact) mass is 511 g/mol. The molecule has 1 aromatic carbocycles. The largest absolute Gasteiger partial charge is 0.373 e. The van der Waals surface area contributed by atoms with Gasteiger partial charge < -0.3 is 15.4 Å². The number of aliphatic imine (C=N–C) groups is 1. The molecule has 160 valence electrons. The van der Waals surface area contributed by atoms with E-state index in [1.54, 1.807) is 7.05 Å². The van der Waals surface area contributed by atoms with E-state index < -0.39 is 0 Å². The molecule has 0 bridgehead atoms. The summed E-state index contributed by atoms with van der Waals surface area (Å²) in [6, 6.07) is 8.68. The van der Waals surface area contributed by atoms with Crippen molar-refractivity contribution in [1.82, 2.24) is 20.4 Å². The number of aromatic nitrogens is 2. The summed E-state index contributed by atoms with van der Waals surface area (Å²) in [4.78, 5) is 4.31. The Morgan fingerprint density at radius 1 is 1.28 bits per heavy atom. The Morgan fingerprint density at radius 2 is 2.07 bits per heavy atom. The van der Waals surface area contributed by atoms with Crippen molar-refractivity contribution in [3.63, 3.8) is 0 Å². The molecule has 0 amide bonds. The van der Waals surface area contributed by atoms with Crippen LogP contribution in [0, 0.1) is 13.8 Å². The van der Waals surface area contributed by atoms with E-state index in [9.17, 15) is 0 Å². The Hall–Kier alpha value is -1.61. The van der Waals surface area contributed by atoms with Crippen LogP contribution in [0.15, 0.2) is 29.3 Å². The van der Waals surface area contributed by atoms with Crippen LogP contribution in [0.1, 0.15) is 53.4 Å². The number of hydrogen-bond acceptors (Lipinski definition) is 3. The first-order valence-corrected chi connectivity index (χ1v) is 10.2. The fourth-order valence-corrected chi connectivity index (χ4v) is 3.85. The van der Waals surface area contributed by atoms with Crippen molar-refractivity contribution in [3.05, 3.63) is 52.3 Å². The van der Waals surface area contributed by atoms with Gasteiger partial charge in [0.2, 0.25) is 0 Å². The maximum absolute atomic E-state index is 6.18. The van der Waals surface area contributed by atoms with Gasteiger partial charge in [-0.2, -0.15) is 5.10 Å². The lowest BCUT2D eigenvalue weighted by Crippen LogP contribution is -2.37. The molecule has 0 saturated heterocycles. The number of rotatable bonds is 7. The molecule has 7 heteroatoms. The maximum atomic E-state index is 6.18. The second-order valence-corrected chi connectivity index (χ2v) is 7.43. The summed E-state index contributed by atoms with van der Waals surface area (Å²) in [5.74, 6) is 0.811. The summed E-state index contributed by atoms with van der Waals surface area (Å²) in [6.45, 7) is 6.44. The number of hydrogen-bond donors (Lipinski definition) is 2. The van der Waals surface area contributed by atoms with Crippen LogP contribution >= 0.6 is 24.0 Å². The van der Waals surface area contributed by atoms with Crippen molar-refractivity contribution in [2.45, 2.75) is 52.2 Å². The second kappa shape index (κ2) is 11.5. The van der Waals surface area contributed by atoms with Gasteiger partial charge in [0.15, 0.2) is 5.96 Å². The zero-order valence-corrected chi connectivity index (χ0v) is 20.3. The van der Waals surface area contributed by atoms with Gasteiger partial charge in [-0.15, -0.1) is 24.0 Å². The van der Waals surface area contributed by atoms with Crippen LogP contribution in [0.25, 0.3) is 0 Å². The van der Waals surface area contributed by atoms with Gasteiger partial charge in [-0.05, 0) is 50.7 Å². The lowest BCUT2D eigenvalue weighted by Gasteiger charge is -2.25.